The van der Waals surface area contributed by atoms with Crippen LogP contribution in [0.15, 0.2) is 0 Å². The Bertz CT molecular complexity index is 231. The number of hydrogen-bond acceptors (Lipinski definition) is 2. The average molecular weight is 253 g/mol. The topological polar surface area (TPSA) is 12.0 Å². The number of nitrogens with one attached hydrogen (secondary N) is 1. The van der Waals surface area contributed by atoms with Crippen LogP contribution >= 0.6 is 11.8 Å². The summed E-state index contributed by atoms with van der Waals surface area (Å²) in [5, 5.41) is 3.95. The lowest BCUT2D eigenvalue weighted by Gasteiger charge is -2.39. The summed E-state index contributed by atoms with van der Waals surface area (Å²) in [5.74, 6) is 2.77. The van der Waals surface area contributed by atoms with Gasteiger partial charge in [0.15, 0.2) is 0 Å². The molecule has 17 heavy (non-hydrogen) atoms. The largest absolute Gasteiger partial charge is 0.311 e. The molecule has 1 saturated heterocycles. The quantitative estimate of drug-likeness (QED) is 0.799. The first-order chi connectivity index (χ1) is 8.36. The fourth-order valence-corrected chi connectivity index (χ4v) is 5.33. The summed E-state index contributed by atoms with van der Waals surface area (Å²) in [6.45, 7) is 0. The molecule has 3 rings (SSSR count). The molecule has 1 spiro atoms. The van der Waals surface area contributed by atoms with Gasteiger partial charge in [0.2, 0.25) is 0 Å². The van der Waals surface area contributed by atoms with Gasteiger partial charge in [-0.15, -0.1) is 0 Å². The van der Waals surface area contributed by atoms with Crippen LogP contribution in [0, 0.1) is 5.41 Å². The van der Waals surface area contributed by atoms with E-state index in [1.807, 2.05) is 0 Å². The first-order valence-electron chi connectivity index (χ1n) is 7.70. The Morgan fingerprint density at radius 3 is 2.00 bits per heavy atom. The molecule has 1 nitrogen and oxygen atoms in total. The van der Waals surface area contributed by atoms with Crippen LogP contribution in [0.2, 0.25) is 0 Å². The van der Waals surface area contributed by atoms with Crippen molar-refractivity contribution in [2.45, 2.75) is 76.3 Å². The zero-order valence-corrected chi connectivity index (χ0v) is 11.9. The molecular weight excluding hydrogens is 226 g/mol. The Hall–Kier alpha value is 0.310. The first kappa shape index (κ1) is 12.3. The number of rotatable bonds is 2. The van der Waals surface area contributed by atoms with Crippen molar-refractivity contribution in [2.24, 2.45) is 5.41 Å². The Balaban J connectivity index is 1.44. The standard InChI is InChI=1S/C15H27NS/c1-2-8-15(7-1)9-3-13(4-10-15)16-14-5-11-17-12-6-14/h13-14,16H,1-12H2. The second kappa shape index (κ2) is 5.52. The molecule has 1 heterocycles. The van der Waals surface area contributed by atoms with E-state index in [1.165, 1.54) is 62.9 Å². The predicted molar refractivity (Wildman–Crippen MR) is 76.6 cm³/mol. The van der Waals surface area contributed by atoms with Crippen molar-refractivity contribution < 1.29 is 0 Å². The lowest BCUT2D eigenvalue weighted by Crippen LogP contribution is -2.43. The molecule has 98 valence electrons. The highest BCUT2D eigenvalue weighted by Gasteiger charge is 2.37. The van der Waals surface area contributed by atoms with Gasteiger partial charge in [0, 0.05) is 12.1 Å². The SMILES string of the molecule is C1CCC2(C1)CCC(NC1CCSCC1)CC2. The maximum atomic E-state index is 3.95. The van der Waals surface area contributed by atoms with Crippen LogP contribution in [0.4, 0.5) is 0 Å². The van der Waals surface area contributed by atoms with Crippen LogP contribution in [-0.2, 0) is 0 Å². The van der Waals surface area contributed by atoms with E-state index in [4.69, 9.17) is 0 Å². The van der Waals surface area contributed by atoms with Gasteiger partial charge in [-0.25, -0.2) is 0 Å². The van der Waals surface area contributed by atoms with Crippen LogP contribution in [0.5, 0.6) is 0 Å². The van der Waals surface area contributed by atoms with E-state index in [-0.39, 0.29) is 0 Å². The molecule has 2 aliphatic carbocycles. The zero-order valence-electron chi connectivity index (χ0n) is 11.0. The molecule has 1 N–H and O–H groups in total. The summed E-state index contributed by atoms with van der Waals surface area (Å²) in [6, 6.07) is 1.70. The predicted octanol–water partition coefficient (Wildman–Crippen LogP) is 3.97. The zero-order chi connectivity index (χ0) is 11.6. The van der Waals surface area contributed by atoms with Gasteiger partial charge in [-0.3, -0.25) is 0 Å². The smallest absolute Gasteiger partial charge is 0.00853 e. The summed E-state index contributed by atoms with van der Waals surface area (Å²) in [7, 11) is 0. The molecule has 0 radical (unpaired) electrons. The van der Waals surface area contributed by atoms with E-state index in [0.717, 1.165) is 17.5 Å². The minimum absolute atomic E-state index is 0.806. The third kappa shape index (κ3) is 3.01. The third-order valence-corrected chi connectivity index (χ3v) is 6.45. The van der Waals surface area contributed by atoms with E-state index in [2.05, 4.69) is 17.1 Å². The van der Waals surface area contributed by atoms with Gasteiger partial charge >= 0.3 is 0 Å². The summed E-state index contributed by atoms with van der Waals surface area (Å²) in [5.41, 5.74) is 0.806. The Kier molecular flexibility index (Phi) is 4.01. The fraction of sp³-hybridized carbons (Fsp3) is 1.00. The molecule has 0 aromatic carbocycles. The van der Waals surface area contributed by atoms with Gasteiger partial charge in [0.05, 0.1) is 0 Å². The molecule has 3 fully saturated rings. The van der Waals surface area contributed by atoms with Crippen LogP contribution in [-0.4, -0.2) is 23.6 Å². The van der Waals surface area contributed by atoms with Crippen LogP contribution < -0.4 is 5.32 Å². The Morgan fingerprint density at radius 2 is 1.35 bits per heavy atom. The van der Waals surface area contributed by atoms with Crippen LogP contribution in [0.1, 0.15) is 64.2 Å². The minimum atomic E-state index is 0.806. The number of thioether (sulfide) groups is 1. The van der Waals surface area contributed by atoms with Gasteiger partial charge in [-0.1, -0.05) is 12.8 Å². The normalized spacial score (nSPS) is 31.1. The highest BCUT2D eigenvalue weighted by atomic mass is 32.2. The number of hydrogen-bond donors (Lipinski definition) is 1. The maximum absolute atomic E-state index is 3.95. The minimum Gasteiger partial charge on any atom is -0.311 e. The molecule has 0 amide bonds. The molecule has 1 aliphatic heterocycles. The highest BCUT2D eigenvalue weighted by molar-refractivity contribution is 7.99. The van der Waals surface area contributed by atoms with E-state index in [9.17, 15) is 0 Å². The summed E-state index contributed by atoms with van der Waals surface area (Å²) >= 11 is 2.14. The van der Waals surface area contributed by atoms with Crippen molar-refractivity contribution in [3.05, 3.63) is 0 Å². The second-order valence-corrected chi connectivity index (χ2v) is 7.76. The van der Waals surface area contributed by atoms with E-state index in [1.54, 1.807) is 12.8 Å². The molecule has 2 saturated carbocycles. The second-order valence-electron chi connectivity index (χ2n) is 6.53. The van der Waals surface area contributed by atoms with Crippen LogP contribution in [0.25, 0.3) is 0 Å². The lowest BCUT2D eigenvalue weighted by atomic mass is 9.71. The highest BCUT2D eigenvalue weighted by Crippen LogP contribution is 2.48. The van der Waals surface area contributed by atoms with Crippen molar-refractivity contribution in [1.29, 1.82) is 0 Å². The van der Waals surface area contributed by atoms with Crippen molar-refractivity contribution in [2.75, 3.05) is 11.5 Å². The first-order valence-corrected chi connectivity index (χ1v) is 8.86. The Morgan fingerprint density at radius 1 is 0.765 bits per heavy atom. The molecule has 3 aliphatic rings. The van der Waals surface area contributed by atoms with Crippen molar-refractivity contribution in [1.82, 2.24) is 5.32 Å². The van der Waals surface area contributed by atoms with Crippen molar-refractivity contribution in [3.8, 4) is 0 Å². The molecule has 0 atom stereocenters. The van der Waals surface area contributed by atoms with Crippen molar-refractivity contribution >= 4 is 11.8 Å². The van der Waals surface area contributed by atoms with E-state index in [0.29, 0.717) is 0 Å². The third-order valence-electron chi connectivity index (χ3n) is 5.40. The maximum Gasteiger partial charge on any atom is 0.00853 e. The molecule has 0 unspecified atom stereocenters. The molecule has 0 aromatic rings. The van der Waals surface area contributed by atoms with Gasteiger partial charge in [0.1, 0.15) is 0 Å². The Labute approximate surface area is 111 Å². The van der Waals surface area contributed by atoms with E-state index < -0.39 is 0 Å². The fourth-order valence-electron chi connectivity index (χ4n) is 4.22. The monoisotopic (exact) mass is 253 g/mol. The molecule has 0 bridgehead atoms. The van der Waals surface area contributed by atoms with Crippen LogP contribution in [0.3, 0.4) is 0 Å². The summed E-state index contributed by atoms with van der Waals surface area (Å²) in [6.07, 6.45) is 14.9. The van der Waals surface area contributed by atoms with E-state index >= 15 is 0 Å². The van der Waals surface area contributed by atoms with Gasteiger partial charge in [-0.05, 0) is 68.3 Å². The molecule has 2 heteroatoms. The molecule has 0 aromatic heterocycles. The average Bonchev–Trinajstić information content (AvgIpc) is 2.83. The van der Waals surface area contributed by atoms with Crippen molar-refractivity contribution in [3.63, 3.8) is 0 Å². The summed E-state index contributed by atoms with van der Waals surface area (Å²) < 4.78 is 0. The van der Waals surface area contributed by atoms with Gasteiger partial charge in [0.25, 0.3) is 0 Å². The summed E-state index contributed by atoms with van der Waals surface area (Å²) in [4.78, 5) is 0. The van der Waals surface area contributed by atoms with Gasteiger partial charge in [-0.2, -0.15) is 11.8 Å². The lowest BCUT2D eigenvalue weighted by molar-refractivity contribution is 0.161. The molecular formula is C15H27NS. The van der Waals surface area contributed by atoms with Gasteiger partial charge < -0.3 is 5.32 Å².